The van der Waals surface area contributed by atoms with Gasteiger partial charge >= 0.3 is 5.97 Å². The average molecular weight is 381 g/mol. The van der Waals surface area contributed by atoms with Gasteiger partial charge in [0, 0.05) is 16.6 Å². The molecule has 9 heteroatoms. The van der Waals surface area contributed by atoms with Crippen LogP contribution in [0.15, 0.2) is 47.4 Å². The second-order valence-corrected chi connectivity index (χ2v) is 6.06. The lowest BCUT2D eigenvalue weighted by molar-refractivity contribution is -0.384. The Balaban J connectivity index is 1.93. The molecule has 2 rings (SSSR count). The molecule has 0 spiro atoms. The highest BCUT2D eigenvalue weighted by Gasteiger charge is 2.15. The number of nitrogens with one attached hydrogen (secondary N) is 1. The van der Waals surface area contributed by atoms with Gasteiger partial charge in [0.05, 0.1) is 10.5 Å². The van der Waals surface area contributed by atoms with E-state index in [-0.39, 0.29) is 16.4 Å². The number of benzene rings is 2. The summed E-state index contributed by atoms with van der Waals surface area (Å²) in [5.41, 5.74) is 0.180. The number of halogens is 1. The fourth-order valence-corrected chi connectivity index (χ4v) is 2.46. The second-order valence-electron chi connectivity index (χ2n) is 4.78. The van der Waals surface area contributed by atoms with E-state index in [1.54, 1.807) is 24.3 Å². The van der Waals surface area contributed by atoms with Crippen molar-refractivity contribution in [1.82, 2.24) is 0 Å². The summed E-state index contributed by atoms with van der Waals surface area (Å²) < 4.78 is 4.92. The predicted molar refractivity (Wildman–Crippen MR) is 95.2 cm³/mol. The van der Waals surface area contributed by atoms with Crippen molar-refractivity contribution in [2.45, 2.75) is 4.90 Å². The molecule has 1 amide bonds. The Morgan fingerprint density at radius 3 is 2.52 bits per heavy atom. The number of carbonyl (C=O) groups excluding carboxylic acids is 2. The standard InChI is InChI=1S/C16H13ClN2O5S/c1-25-12-5-2-10(3-6-12)16(21)24-9-15(20)18-11-4-7-13(17)14(8-11)19(22)23/h2-8H,9H2,1H3,(H,18,20). The van der Waals surface area contributed by atoms with Crippen molar-refractivity contribution in [2.75, 3.05) is 18.2 Å². The minimum Gasteiger partial charge on any atom is -0.452 e. The van der Waals surface area contributed by atoms with Crippen LogP contribution in [0.2, 0.25) is 5.02 Å². The van der Waals surface area contributed by atoms with Gasteiger partial charge in [0.15, 0.2) is 6.61 Å². The zero-order valence-electron chi connectivity index (χ0n) is 13.0. The molecular formula is C16H13ClN2O5S. The smallest absolute Gasteiger partial charge is 0.338 e. The quantitative estimate of drug-likeness (QED) is 0.354. The summed E-state index contributed by atoms with van der Waals surface area (Å²) in [5, 5.41) is 13.2. The van der Waals surface area contributed by atoms with Crippen molar-refractivity contribution in [1.29, 1.82) is 0 Å². The number of hydrogen-bond donors (Lipinski definition) is 1. The van der Waals surface area contributed by atoms with Gasteiger partial charge in [-0.15, -0.1) is 11.8 Å². The lowest BCUT2D eigenvalue weighted by Crippen LogP contribution is -2.21. The Morgan fingerprint density at radius 1 is 1.24 bits per heavy atom. The molecule has 0 radical (unpaired) electrons. The zero-order valence-corrected chi connectivity index (χ0v) is 14.6. The van der Waals surface area contributed by atoms with Crippen molar-refractivity contribution >= 4 is 46.6 Å². The Labute approximate surface area is 152 Å². The molecule has 2 aromatic rings. The Kier molecular flexibility index (Phi) is 6.37. The molecule has 0 aliphatic rings. The van der Waals surface area contributed by atoms with Crippen LogP contribution in [0.4, 0.5) is 11.4 Å². The number of hydrogen-bond acceptors (Lipinski definition) is 6. The number of nitro groups is 1. The highest BCUT2D eigenvalue weighted by Crippen LogP contribution is 2.27. The first-order valence-corrected chi connectivity index (χ1v) is 8.56. The van der Waals surface area contributed by atoms with Gasteiger partial charge in [-0.25, -0.2) is 4.79 Å². The number of ether oxygens (including phenoxy) is 1. The summed E-state index contributed by atoms with van der Waals surface area (Å²) in [5.74, 6) is -1.25. The van der Waals surface area contributed by atoms with E-state index in [9.17, 15) is 19.7 Å². The summed E-state index contributed by atoms with van der Waals surface area (Å²) in [4.78, 5) is 34.9. The summed E-state index contributed by atoms with van der Waals surface area (Å²) in [6.07, 6.45) is 1.92. The van der Waals surface area contributed by atoms with Crippen LogP contribution in [0.3, 0.4) is 0 Å². The molecule has 0 unspecified atom stereocenters. The molecule has 130 valence electrons. The van der Waals surface area contributed by atoms with Crippen LogP contribution in [0, 0.1) is 10.1 Å². The van der Waals surface area contributed by atoms with Crippen LogP contribution in [0.25, 0.3) is 0 Å². The van der Waals surface area contributed by atoms with Crippen molar-refractivity contribution in [3.05, 3.63) is 63.2 Å². The minimum absolute atomic E-state index is 0.0388. The average Bonchev–Trinajstić information content (AvgIpc) is 2.61. The van der Waals surface area contributed by atoms with Crippen LogP contribution in [0.1, 0.15) is 10.4 Å². The topological polar surface area (TPSA) is 98.5 Å². The van der Waals surface area contributed by atoms with Crippen molar-refractivity contribution < 1.29 is 19.2 Å². The summed E-state index contributed by atoms with van der Waals surface area (Å²) in [7, 11) is 0. The van der Waals surface area contributed by atoms with Gasteiger partial charge in [-0.1, -0.05) is 11.6 Å². The minimum atomic E-state index is -0.656. The third kappa shape index (κ3) is 5.20. The second kappa shape index (κ2) is 8.50. The number of esters is 1. The predicted octanol–water partition coefficient (Wildman–Crippen LogP) is 3.77. The summed E-state index contributed by atoms with van der Waals surface area (Å²) in [6, 6.07) is 10.6. The maximum absolute atomic E-state index is 11.9. The van der Waals surface area contributed by atoms with Gasteiger partial charge in [0.2, 0.25) is 0 Å². The molecule has 2 aromatic carbocycles. The molecule has 0 atom stereocenters. The van der Waals surface area contributed by atoms with E-state index in [0.717, 1.165) is 11.0 Å². The number of nitro benzene ring substituents is 1. The van der Waals surface area contributed by atoms with Crippen molar-refractivity contribution in [2.24, 2.45) is 0 Å². The van der Waals surface area contributed by atoms with E-state index in [1.165, 1.54) is 23.9 Å². The van der Waals surface area contributed by atoms with Crippen LogP contribution in [-0.4, -0.2) is 29.7 Å². The molecule has 0 heterocycles. The molecule has 0 saturated carbocycles. The fourth-order valence-electron chi connectivity index (χ4n) is 1.87. The Hall–Kier alpha value is -2.58. The molecule has 0 saturated heterocycles. The number of amides is 1. The van der Waals surface area contributed by atoms with Gasteiger partial charge < -0.3 is 10.1 Å². The SMILES string of the molecule is CSc1ccc(C(=O)OCC(=O)Nc2ccc(Cl)c([N+](=O)[O-])c2)cc1. The van der Waals surface area contributed by atoms with Crippen LogP contribution in [-0.2, 0) is 9.53 Å². The highest BCUT2D eigenvalue weighted by molar-refractivity contribution is 7.98. The third-order valence-electron chi connectivity index (χ3n) is 3.09. The Bertz CT molecular complexity index is 811. The van der Waals surface area contributed by atoms with E-state index in [4.69, 9.17) is 16.3 Å². The number of carbonyl (C=O) groups is 2. The van der Waals surface area contributed by atoms with Gasteiger partial charge in [-0.05, 0) is 42.7 Å². The lowest BCUT2D eigenvalue weighted by Gasteiger charge is -2.07. The molecule has 0 aromatic heterocycles. The van der Waals surface area contributed by atoms with Gasteiger partial charge in [-0.2, -0.15) is 0 Å². The molecule has 0 fully saturated rings. The fraction of sp³-hybridized carbons (Fsp3) is 0.125. The molecule has 1 N–H and O–H groups in total. The maximum atomic E-state index is 11.9. The maximum Gasteiger partial charge on any atom is 0.338 e. The van der Waals surface area contributed by atoms with Gasteiger partial charge in [-0.3, -0.25) is 14.9 Å². The first-order valence-electron chi connectivity index (χ1n) is 6.95. The first-order chi connectivity index (χ1) is 11.9. The molecule has 7 nitrogen and oxygen atoms in total. The van der Waals surface area contributed by atoms with Crippen molar-refractivity contribution in [3.63, 3.8) is 0 Å². The highest BCUT2D eigenvalue weighted by atomic mass is 35.5. The molecular weight excluding hydrogens is 368 g/mol. The van der Waals surface area contributed by atoms with E-state index >= 15 is 0 Å². The molecule has 0 bridgehead atoms. The van der Waals surface area contributed by atoms with E-state index in [0.29, 0.717) is 5.56 Å². The normalized spacial score (nSPS) is 10.2. The number of thioether (sulfide) groups is 1. The Morgan fingerprint density at radius 2 is 1.92 bits per heavy atom. The molecule has 25 heavy (non-hydrogen) atoms. The monoisotopic (exact) mass is 380 g/mol. The van der Waals surface area contributed by atoms with Gasteiger partial charge in [0.25, 0.3) is 11.6 Å². The van der Waals surface area contributed by atoms with Crippen LogP contribution in [0.5, 0.6) is 0 Å². The van der Waals surface area contributed by atoms with Crippen LogP contribution >= 0.6 is 23.4 Å². The first kappa shape index (κ1) is 18.8. The number of anilines is 1. The third-order valence-corrected chi connectivity index (χ3v) is 4.15. The van der Waals surface area contributed by atoms with E-state index in [2.05, 4.69) is 5.32 Å². The number of nitrogens with zero attached hydrogens (tertiary/aromatic N) is 1. The zero-order chi connectivity index (χ0) is 18.4. The lowest BCUT2D eigenvalue weighted by atomic mass is 10.2. The molecule has 0 aliphatic heterocycles. The van der Waals surface area contributed by atoms with Crippen LogP contribution < -0.4 is 5.32 Å². The van der Waals surface area contributed by atoms with E-state index in [1.807, 2.05) is 6.26 Å². The van der Waals surface area contributed by atoms with E-state index < -0.39 is 23.4 Å². The largest absolute Gasteiger partial charge is 0.452 e. The summed E-state index contributed by atoms with van der Waals surface area (Å²) in [6.45, 7) is -0.514. The molecule has 0 aliphatic carbocycles. The van der Waals surface area contributed by atoms with Crippen molar-refractivity contribution in [3.8, 4) is 0 Å². The van der Waals surface area contributed by atoms with Gasteiger partial charge in [0.1, 0.15) is 5.02 Å². The summed E-state index contributed by atoms with van der Waals surface area (Å²) >= 11 is 7.23. The number of rotatable bonds is 6.